The van der Waals surface area contributed by atoms with Crippen molar-refractivity contribution < 1.29 is 8.42 Å². The van der Waals surface area contributed by atoms with Crippen molar-refractivity contribution in [3.05, 3.63) is 29.8 Å². The van der Waals surface area contributed by atoms with Crippen LogP contribution >= 0.6 is 0 Å². The van der Waals surface area contributed by atoms with Crippen LogP contribution in [0.1, 0.15) is 45.1 Å². The van der Waals surface area contributed by atoms with E-state index in [4.69, 9.17) is 0 Å². The molecule has 1 rings (SSSR count). The topological polar surface area (TPSA) is 46.2 Å². The highest BCUT2D eigenvalue weighted by atomic mass is 32.2. The van der Waals surface area contributed by atoms with E-state index in [1.165, 1.54) is 6.07 Å². The molecule has 0 aliphatic rings. The Morgan fingerprint density at radius 2 is 2.05 bits per heavy atom. The monoisotopic (exact) mass is 282 g/mol. The van der Waals surface area contributed by atoms with Gasteiger partial charge in [-0.05, 0) is 43.0 Å². The van der Waals surface area contributed by atoms with E-state index in [9.17, 15) is 8.42 Å². The Morgan fingerprint density at radius 3 is 2.58 bits per heavy atom. The molecule has 0 heterocycles. The van der Waals surface area contributed by atoms with Gasteiger partial charge in [0.15, 0.2) is 0 Å². The summed E-state index contributed by atoms with van der Waals surface area (Å²) >= 11 is 0. The van der Waals surface area contributed by atoms with Gasteiger partial charge < -0.3 is 0 Å². The number of rotatable bonds is 8. The fraction of sp³-hybridized carbons (Fsp3) is 0.600. The highest BCUT2D eigenvalue weighted by Crippen LogP contribution is 2.14. The van der Waals surface area contributed by atoms with Crippen LogP contribution in [0.15, 0.2) is 23.1 Å². The summed E-state index contributed by atoms with van der Waals surface area (Å²) in [5.74, 6) is 0.421. The Hall–Kier alpha value is -0.870. The molecule has 1 atom stereocenters. The van der Waals surface area contributed by atoms with Gasteiger partial charge >= 0.3 is 0 Å². The number of hydrogen-bond donors (Lipinski definition) is 1. The van der Waals surface area contributed by atoms with Gasteiger partial charge in [0, 0.05) is 6.54 Å². The maximum absolute atomic E-state index is 12.1. The second-order valence-corrected chi connectivity index (χ2v) is 6.74. The van der Waals surface area contributed by atoms with Crippen molar-refractivity contribution in [2.75, 3.05) is 6.54 Å². The lowest BCUT2D eigenvalue weighted by Gasteiger charge is -2.15. The van der Waals surface area contributed by atoms with E-state index >= 15 is 0 Å². The minimum atomic E-state index is -3.39. The van der Waals surface area contributed by atoms with E-state index in [1.54, 1.807) is 12.1 Å². The molecule has 1 aromatic carbocycles. The zero-order valence-corrected chi connectivity index (χ0v) is 12.9. The van der Waals surface area contributed by atoms with E-state index in [-0.39, 0.29) is 0 Å². The van der Waals surface area contributed by atoms with Crippen molar-refractivity contribution in [2.45, 2.75) is 51.3 Å². The molecule has 0 saturated carbocycles. The number of unbranched alkanes of at least 4 members (excludes halogenated alkanes) is 1. The van der Waals surface area contributed by atoms with Crippen LogP contribution in [0.5, 0.6) is 0 Å². The van der Waals surface area contributed by atoms with Crippen LogP contribution in [-0.2, 0) is 10.0 Å². The van der Waals surface area contributed by atoms with Crippen LogP contribution in [0.3, 0.4) is 0 Å². The van der Waals surface area contributed by atoms with Gasteiger partial charge in [0.25, 0.3) is 0 Å². The third-order valence-electron chi connectivity index (χ3n) is 3.36. The lowest BCUT2D eigenvalue weighted by Crippen LogP contribution is -2.29. The molecule has 1 aromatic rings. The Bertz CT molecular complexity index is 465. The zero-order chi connectivity index (χ0) is 14.3. The number of hydrogen-bond acceptors (Lipinski definition) is 2. The summed E-state index contributed by atoms with van der Waals surface area (Å²) in [5, 5.41) is 0. The molecule has 19 heavy (non-hydrogen) atoms. The summed E-state index contributed by atoms with van der Waals surface area (Å²) in [5.41, 5.74) is 0.938. The Morgan fingerprint density at radius 1 is 1.32 bits per heavy atom. The van der Waals surface area contributed by atoms with E-state index in [2.05, 4.69) is 24.6 Å². The van der Waals surface area contributed by atoms with Crippen molar-refractivity contribution in [1.82, 2.24) is 4.72 Å². The molecule has 0 amide bonds. The standard InChI is InChI=1S/C15H24NO2S/c1-4-6-7-14(5-2)12-16-19(17,18)15-10-8-13(3)9-11-15/h8,10-11,14,16H,4-7,12H2,1-3H3. The number of aryl methyl sites for hydroxylation is 1. The predicted octanol–water partition coefficient (Wildman–Crippen LogP) is 3.29. The lowest BCUT2D eigenvalue weighted by molar-refractivity contribution is 0.444. The molecule has 1 unspecified atom stereocenters. The highest BCUT2D eigenvalue weighted by Gasteiger charge is 2.15. The fourth-order valence-corrected chi connectivity index (χ4v) is 2.99. The third kappa shape index (κ3) is 5.33. The van der Waals surface area contributed by atoms with Gasteiger partial charge in [0.1, 0.15) is 0 Å². The summed E-state index contributed by atoms with van der Waals surface area (Å²) in [6.45, 7) is 6.67. The minimum Gasteiger partial charge on any atom is -0.211 e. The molecule has 1 radical (unpaired) electrons. The molecule has 4 heteroatoms. The summed E-state index contributed by atoms with van der Waals surface area (Å²) in [4.78, 5) is 0.295. The average Bonchev–Trinajstić information content (AvgIpc) is 2.39. The Balaban J connectivity index is 2.61. The first-order valence-corrected chi connectivity index (χ1v) is 8.46. The van der Waals surface area contributed by atoms with Crippen LogP contribution in [0.4, 0.5) is 0 Å². The molecule has 107 valence electrons. The summed E-state index contributed by atoms with van der Waals surface area (Å²) in [6, 6.07) is 7.85. The number of benzene rings is 1. The molecule has 0 fully saturated rings. The molecular weight excluding hydrogens is 258 g/mol. The smallest absolute Gasteiger partial charge is 0.211 e. The van der Waals surface area contributed by atoms with Crippen molar-refractivity contribution >= 4 is 10.0 Å². The van der Waals surface area contributed by atoms with Crippen molar-refractivity contribution in [3.8, 4) is 0 Å². The summed E-state index contributed by atoms with van der Waals surface area (Å²) in [6.07, 6.45) is 4.38. The van der Waals surface area contributed by atoms with Crippen LogP contribution in [0.2, 0.25) is 0 Å². The van der Waals surface area contributed by atoms with E-state index < -0.39 is 10.0 Å². The first kappa shape index (κ1) is 16.2. The normalized spacial score (nSPS) is 13.4. The molecule has 0 saturated heterocycles. The van der Waals surface area contributed by atoms with Gasteiger partial charge in [-0.2, -0.15) is 0 Å². The number of nitrogens with one attached hydrogen (secondary N) is 1. The lowest BCUT2D eigenvalue weighted by atomic mass is 10.00. The SMILES string of the molecule is CCCCC(CC)CNS(=O)(=O)c1c[c]c(C)cc1. The molecule has 0 aliphatic carbocycles. The van der Waals surface area contributed by atoms with Crippen molar-refractivity contribution in [3.63, 3.8) is 0 Å². The molecule has 0 aromatic heterocycles. The third-order valence-corrected chi connectivity index (χ3v) is 4.78. The fourth-order valence-electron chi connectivity index (χ4n) is 1.91. The maximum atomic E-state index is 12.1. The molecule has 0 spiro atoms. The van der Waals surface area contributed by atoms with Gasteiger partial charge in [-0.1, -0.05) is 39.2 Å². The van der Waals surface area contributed by atoms with Crippen molar-refractivity contribution in [1.29, 1.82) is 0 Å². The quantitative estimate of drug-likeness (QED) is 0.795. The molecule has 1 N–H and O–H groups in total. The first-order valence-electron chi connectivity index (χ1n) is 6.97. The second kappa shape index (κ2) is 7.65. The molecule has 3 nitrogen and oxygen atoms in total. The van der Waals surface area contributed by atoms with Crippen molar-refractivity contribution in [2.24, 2.45) is 5.92 Å². The van der Waals surface area contributed by atoms with Gasteiger partial charge in [0.05, 0.1) is 4.90 Å². The van der Waals surface area contributed by atoms with Crippen LogP contribution in [0.25, 0.3) is 0 Å². The van der Waals surface area contributed by atoms with Crippen LogP contribution in [0, 0.1) is 18.9 Å². The highest BCUT2D eigenvalue weighted by molar-refractivity contribution is 7.89. The average molecular weight is 282 g/mol. The minimum absolute atomic E-state index is 0.295. The van der Waals surface area contributed by atoms with Gasteiger partial charge in [-0.15, -0.1) is 0 Å². The van der Waals surface area contributed by atoms with Gasteiger partial charge in [-0.25, -0.2) is 13.1 Å². The van der Waals surface area contributed by atoms with E-state index in [1.807, 2.05) is 6.92 Å². The van der Waals surface area contributed by atoms with E-state index in [0.29, 0.717) is 17.4 Å². The molecule has 0 bridgehead atoms. The van der Waals surface area contributed by atoms with Crippen LogP contribution in [-0.4, -0.2) is 15.0 Å². The zero-order valence-electron chi connectivity index (χ0n) is 12.1. The molecular formula is C15H24NO2S. The Kier molecular flexibility index (Phi) is 6.52. The Labute approximate surface area is 117 Å². The molecule has 0 aliphatic heterocycles. The number of sulfonamides is 1. The van der Waals surface area contributed by atoms with E-state index in [0.717, 1.165) is 31.2 Å². The largest absolute Gasteiger partial charge is 0.240 e. The summed E-state index contributed by atoms with van der Waals surface area (Å²) in [7, 11) is -3.39. The second-order valence-electron chi connectivity index (χ2n) is 4.98. The summed E-state index contributed by atoms with van der Waals surface area (Å²) < 4.78 is 26.9. The van der Waals surface area contributed by atoms with Crippen LogP contribution < -0.4 is 4.72 Å². The predicted molar refractivity (Wildman–Crippen MR) is 78.5 cm³/mol. The van der Waals surface area contributed by atoms with Gasteiger partial charge in [0.2, 0.25) is 10.0 Å². The first-order chi connectivity index (χ1) is 8.99. The van der Waals surface area contributed by atoms with Gasteiger partial charge in [-0.3, -0.25) is 0 Å². The maximum Gasteiger partial charge on any atom is 0.240 e.